The van der Waals surface area contributed by atoms with Gasteiger partial charge in [-0.15, -0.1) is 0 Å². The normalized spacial score (nSPS) is 10.2. The lowest BCUT2D eigenvalue weighted by molar-refractivity contribution is -0.385. The summed E-state index contributed by atoms with van der Waals surface area (Å²) in [7, 11) is 0. The summed E-state index contributed by atoms with van der Waals surface area (Å²) in [4.78, 5) is 26.7. The van der Waals surface area contributed by atoms with Crippen LogP contribution in [-0.4, -0.2) is 31.4 Å². The zero-order valence-electron chi connectivity index (χ0n) is 11.7. The molecule has 0 aliphatic carbocycles. The van der Waals surface area contributed by atoms with Crippen molar-refractivity contribution in [2.45, 2.75) is 20.4 Å². The molecule has 0 unspecified atom stereocenters. The Morgan fingerprint density at radius 1 is 1.33 bits per heavy atom. The summed E-state index contributed by atoms with van der Waals surface area (Å²) < 4.78 is 0. The van der Waals surface area contributed by atoms with Gasteiger partial charge in [0.15, 0.2) is 0 Å². The number of rotatable bonds is 6. The van der Waals surface area contributed by atoms with Crippen LogP contribution in [0.1, 0.15) is 18.3 Å². The molecule has 9 heteroatoms. The number of nitrogens with zero attached hydrogens (tertiary/aromatic N) is 5. The fourth-order valence-electron chi connectivity index (χ4n) is 1.74. The zero-order chi connectivity index (χ0) is 15.2. The number of aromatic nitrogens is 4. The summed E-state index contributed by atoms with van der Waals surface area (Å²) in [5, 5.41) is 17.0. The molecule has 2 aromatic rings. The summed E-state index contributed by atoms with van der Waals surface area (Å²) in [5.41, 5.74) is 0.877. The minimum absolute atomic E-state index is 0.134. The molecule has 0 atom stereocenters. The molecule has 0 aliphatic rings. The van der Waals surface area contributed by atoms with E-state index < -0.39 is 4.92 Å². The molecule has 0 radical (unpaired) electrons. The molecule has 0 spiro atoms. The van der Waals surface area contributed by atoms with Crippen LogP contribution >= 0.6 is 0 Å². The highest BCUT2D eigenvalue weighted by atomic mass is 16.6. The summed E-state index contributed by atoms with van der Waals surface area (Å²) in [6.45, 7) is 4.42. The van der Waals surface area contributed by atoms with Crippen LogP contribution in [0.2, 0.25) is 0 Å². The Hall–Kier alpha value is -2.84. The maximum atomic E-state index is 11.2. The van der Waals surface area contributed by atoms with Crippen LogP contribution in [0.15, 0.2) is 18.6 Å². The zero-order valence-corrected chi connectivity index (χ0v) is 11.7. The standard InChI is InChI=1S/C12H15N7O2/c1-3-14-12-17-8(2)10(19(20)21)11(18-12)15-6-9-4-5-13-7-16-9/h4-5,7H,3,6H2,1-2H3,(H2,14,15,17,18). The van der Waals surface area contributed by atoms with Gasteiger partial charge < -0.3 is 10.6 Å². The summed E-state index contributed by atoms with van der Waals surface area (Å²) >= 11 is 0. The molecular formula is C12H15N7O2. The van der Waals surface area contributed by atoms with Gasteiger partial charge in [0.05, 0.1) is 17.2 Å². The second-order valence-corrected chi connectivity index (χ2v) is 4.17. The Morgan fingerprint density at radius 2 is 2.14 bits per heavy atom. The van der Waals surface area contributed by atoms with Gasteiger partial charge in [-0.2, -0.15) is 4.98 Å². The van der Waals surface area contributed by atoms with Crippen LogP contribution in [-0.2, 0) is 6.54 Å². The van der Waals surface area contributed by atoms with E-state index in [4.69, 9.17) is 0 Å². The van der Waals surface area contributed by atoms with Crippen LogP contribution in [0, 0.1) is 17.0 Å². The van der Waals surface area contributed by atoms with Crippen molar-refractivity contribution >= 4 is 17.5 Å². The third-order valence-corrected chi connectivity index (χ3v) is 2.66. The molecule has 0 saturated carbocycles. The molecular weight excluding hydrogens is 274 g/mol. The first kappa shape index (κ1) is 14.6. The van der Waals surface area contributed by atoms with E-state index >= 15 is 0 Å². The van der Waals surface area contributed by atoms with Crippen LogP contribution in [0.5, 0.6) is 0 Å². The Balaban J connectivity index is 2.28. The number of hydrogen-bond acceptors (Lipinski definition) is 8. The molecule has 0 fully saturated rings. The number of nitro groups is 1. The molecule has 21 heavy (non-hydrogen) atoms. The first-order chi connectivity index (χ1) is 10.1. The van der Waals surface area contributed by atoms with Crippen molar-refractivity contribution in [3.8, 4) is 0 Å². The molecule has 0 aromatic carbocycles. The molecule has 2 rings (SSSR count). The van der Waals surface area contributed by atoms with Gasteiger partial charge in [0.1, 0.15) is 12.0 Å². The smallest absolute Gasteiger partial charge is 0.332 e. The lowest BCUT2D eigenvalue weighted by atomic mass is 10.3. The van der Waals surface area contributed by atoms with Gasteiger partial charge in [0.2, 0.25) is 11.8 Å². The highest BCUT2D eigenvalue weighted by molar-refractivity contribution is 5.60. The van der Waals surface area contributed by atoms with Gasteiger partial charge in [-0.1, -0.05) is 0 Å². The quantitative estimate of drug-likeness (QED) is 0.607. The van der Waals surface area contributed by atoms with E-state index in [1.807, 2.05) is 6.92 Å². The molecule has 0 saturated heterocycles. The summed E-state index contributed by atoms with van der Waals surface area (Å²) in [6, 6.07) is 1.72. The van der Waals surface area contributed by atoms with Crippen LogP contribution in [0.3, 0.4) is 0 Å². The van der Waals surface area contributed by atoms with E-state index in [0.717, 1.165) is 0 Å². The average molecular weight is 289 g/mol. The molecule has 0 aliphatic heterocycles. The Morgan fingerprint density at radius 3 is 2.76 bits per heavy atom. The van der Waals surface area contributed by atoms with Gasteiger partial charge in [-0.05, 0) is 19.9 Å². The maximum Gasteiger partial charge on any atom is 0.332 e. The van der Waals surface area contributed by atoms with Gasteiger partial charge >= 0.3 is 5.69 Å². The molecule has 9 nitrogen and oxygen atoms in total. The van der Waals surface area contributed by atoms with Crippen molar-refractivity contribution in [3.63, 3.8) is 0 Å². The van der Waals surface area contributed by atoms with E-state index in [-0.39, 0.29) is 11.5 Å². The average Bonchev–Trinajstić information content (AvgIpc) is 2.45. The molecule has 0 bridgehead atoms. The fourth-order valence-corrected chi connectivity index (χ4v) is 1.74. The highest BCUT2D eigenvalue weighted by Gasteiger charge is 2.21. The lowest BCUT2D eigenvalue weighted by Gasteiger charge is -2.09. The number of hydrogen-bond donors (Lipinski definition) is 2. The second-order valence-electron chi connectivity index (χ2n) is 4.17. The minimum Gasteiger partial charge on any atom is -0.359 e. The van der Waals surface area contributed by atoms with Crippen LogP contribution in [0.25, 0.3) is 0 Å². The Bertz CT molecular complexity index is 633. The molecule has 0 amide bonds. The molecule has 2 aromatic heterocycles. The first-order valence-corrected chi connectivity index (χ1v) is 6.37. The Kier molecular flexibility index (Phi) is 4.54. The predicted molar refractivity (Wildman–Crippen MR) is 76.9 cm³/mol. The van der Waals surface area contributed by atoms with Crippen molar-refractivity contribution in [1.82, 2.24) is 19.9 Å². The SMILES string of the molecule is CCNc1nc(C)c([N+](=O)[O-])c(NCc2ccncn2)n1. The number of anilines is 2. The molecule has 110 valence electrons. The van der Waals surface area contributed by atoms with Crippen molar-refractivity contribution in [3.05, 3.63) is 40.1 Å². The second kappa shape index (κ2) is 6.55. The maximum absolute atomic E-state index is 11.2. The van der Waals surface area contributed by atoms with Gasteiger partial charge in [-0.3, -0.25) is 10.1 Å². The monoisotopic (exact) mass is 289 g/mol. The van der Waals surface area contributed by atoms with Crippen LogP contribution < -0.4 is 10.6 Å². The molecule has 2 heterocycles. The largest absolute Gasteiger partial charge is 0.359 e. The van der Waals surface area contributed by atoms with Crippen molar-refractivity contribution < 1.29 is 4.92 Å². The fraction of sp³-hybridized carbons (Fsp3) is 0.333. The summed E-state index contributed by atoms with van der Waals surface area (Å²) in [6.07, 6.45) is 3.02. The van der Waals surface area contributed by atoms with E-state index in [1.165, 1.54) is 6.33 Å². The van der Waals surface area contributed by atoms with E-state index in [2.05, 4.69) is 30.6 Å². The number of aryl methyl sites for hydroxylation is 1. The first-order valence-electron chi connectivity index (χ1n) is 6.37. The van der Waals surface area contributed by atoms with E-state index in [0.29, 0.717) is 30.4 Å². The van der Waals surface area contributed by atoms with Crippen LogP contribution in [0.4, 0.5) is 17.5 Å². The summed E-state index contributed by atoms with van der Waals surface area (Å²) in [5.74, 6) is 0.521. The van der Waals surface area contributed by atoms with Gasteiger partial charge in [0, 0.05) is 12.7 Å². The van der Waals surface area contributed by atoms with Gasteiger partial charge in [0.25, 0.3) is 0 Å². The Labute approximate surface area is 121 Å². The predicted octanol–water partition coefficient (Wildman–Crippen LogP) is 1.53. The van der Waals surface area contributed by atoms with Crippen molar-refractivity contribution in [1.29, 1.82) is 0 Å². The van der Waals surface area contributed by atoms with Crippen molar-refractivity contribution in [2.24, 2.45) is 0 Å². The van der Waals surface area contributed by atoms with E-state index in [9.17, 15) is 10.1 Å². The van der Waals surface area contributed by atoms with Gasteiger partial charge in [-0.25, -0.2) is 15.0 Å². The van der Waals surface area contributed by atoms with E-state index in [1.54, 1.807) is 19.2 Å². The third-order valence-electron chi connectivity index (χ3n) is 2.66. The minimum atomic E-state index is -0.493. The molecule has 2 N–H and O–H groups in total. The lowest BCUT2D eigenvalue weighted by Crippen LogP contribution is -2.11. The third kappa shape index (κ3) is 3.59. The topological polar surface area (TPSA) is 119 Å². The van der Waals surface area contributed by atoms with Crippen molar-refractivity contribution in [2.75, 3.05) is 17.2 Å². The number of nitrogens with one attached hydrogen (secondary N) is 2. The highest BCUT2D eigenvalue weighted by Crippen LogP contribution is 2.26.